The number of nitrogens with zero attached hydrogens (tertiary/aromatic N) is 4. The lowest BCUT2D eigenvalue weighted by atomic mass is 10.2. The number of pyridine rings is 1. The van der Waals surface area contributed by atoms with E-state index in [-0.39, 0.29) is 5.91 Å². The minimum absolute atomic E-state index is 0.0205. The predicted molar refractivity (Wildman–Crippen MR) is 96.2 cm³/mol. The van der Waals surface area contributed by atoms with Gasteiger partial charge in [0.2, 0.25) is 0 Å². The van der Waals surface area contributed by atoms with E-state index in [1.165, 1.54) is 0 Å². The van der Waals surface area contributed by atoms with Gasteiger partial charge in [-0.15, -0.1) is 0 Å². The highest BCUT2D eigenvalue weighted by Gasteiger charge is 2.23. The molecule has 3 heterocycles. The second-order valence-electron chi connectivity index (χ2n) is 6.43. The van der Waals surface area contributed by atoms with Gasteiger partial charge in [0.05, 0.1) is 17.6 Å². The van der Waals surface area contributed by atoms with Crippen molar-refractivity contribution < 1.29 is 4.79 Å². The minimum Gasteiger partial charge on any atom is -0.341 e. The Kier molecular flexibility index (Phi) is 4.19. The number of piperazine rings is 1. The van der Waals surface area contributed by atoms with Gasteiger partial charge in [-0.1, -0.05) is 18.2 Å². The molecule has 0 aliphatic carbocycles. The van der Waals surface area contributed by atoms with Crippen LogP contribution in [0.3, 0.4) is 0 Å². The normalized spacial score (nSPS) is 15.6. The van der Waals surface area contributed by atoms with Gasteiger partial charge in [-0.3, -0.25) is 9.69 Å². The van der Waals surface area contributed by atoms with Crippen LogP contribution in [-0.2, 0) is 6.54 Å². The van der Waals surface area contributed by atoms with Crippen LogP contribution in [0.1, 0.15) is 22.0 Å². The van der Waals surface area contributed by atoms with Gasteiger partial charge >= 0.3 is 0 Å². The topological polar surface area (TPSA) is 65.1 Å². The van der Waals surface area contributed by atoms with E-state index in [1.807, 2.05) is 48.2 Å². The Morgan fingerprint density at radius 3 is 2.60 bits per heavy atom. The molecule has 1 saturated heterocycles. The molecule has 4 rings (SSSR count). The number of para-hydroxylation sites is 2. The van der Waals surface area contributed by atoms with Gasteiger partial charge in [-0.2, -0.15) is 0 Å². The second-order valence-corrected chi connectivity index (χ2v) is 6.43. The van der Waals surface area contributed by atoms with Gasteiger partial charge in [0, 0.05) is 31.9 Å². The Morgan fingerprint density at radius 2 is 1.84 bits per heavy atom. The molecule has 128 valence electrons. The summed E-state index contributed by atoms with van der Waals surface area (Å²) in [7, 11) is 0. The van der Waals surface area contributed by atoms with Crippen molar-refractivity contribution >= 4 is 16.9 Å². The van der Waals surface area contributed by atoms with Crippen molar-refractivity contribution in [3.05, 3.63) is 59.7 Å². The number of fused-ring (bicyclic) bond motifs is 1. The van der Waals surface area contributed by atoms with Crippen LogP contribution in [0, 0.1) is 6.92 Å². The second kappa shape index (κ2) is 6.64. The lowest BCUT2D eigenvalue weighted by Crippen LogP contribution is -2.48. The third-order valence-electron chi connectivity index (χ3n) is 4.58. The highest BCUT2D eigenvalue weighted by molar-refractivity contribution is 5.92. The molecule has 1 amide bonds. The summed E-state index contributed by atoms with van der Waals surface area (Å²) in [6.07, 6.45) is 0. The molecule has 0 bridgehead atoms. The van der Waals surface area contributed by atoms with Crippen molar-refractivity contribution in [3.63, 3.8) is 0 Å². The van der Waals surface area contributed by atoms with Crippen LogP contribution < -0.4 is 0 Å². The van der Waals surface area contributed by atoms with E-state index in [1.54, 1.807) is 6.07 Å². The van der Waals surface area contributed by atoms with E-state index in [9.17, 15) is 4.79 Å². The van der Waals surface area contributed by atoms with Gasteiger partial charge in [0.15, 0.2) is 0 Å². The quantitative estimate of drug-likeness (QED) is 0.797. The summed E-state index contributed by atoms with van der Waals surface area (Å²) in [6, 6.07) is 13.6. The molecular weight excluding hydrogens is 314 g/mol. The van der Waals surface area contributed by atoms with E-state index < -0.39 is 0 Å². The van der Waals surface area contributed by atoms with Crippen LogP contribution in [0.2, 0.25) is 0 Å². The van der Waals surface area contributed by atoms with Gasteiger partial charge in [-0.05, 0) is 31.2 Å². The van der Waals surface area contributed by atoms with Crippen LogP contribution in [0.15, 0.2) is 42.5 Å². The molecule has 3 aromatic rings. The zero-order valence-corrected chi connectivity index (χ0v) is 14.3. The highest BCUT2D eigenvalue weighted by atomic mass is 16.2. The van der Waals surface area contributed by atoms with Crippen molar-refractivity contribution in [2.45, 2.75) is 13.5 Å². The van der Waals surface area contributed by atoms with Gasteiger partial charge < -0.3 is 9.88 Å². The van der Waals surface area contributed by atoms with Crippen LogP contribution in [-0.4, -0.2) is 56.8 Å². The zero-order valence-electron chi connectivity index (χ0n) is 14.3. The number of aryl methyl sites for hydroxylation is 1. The molecule has 1 aliphatic rings. The van der Waals surface area contributed by atoms with Crippen molar-refractivity contribution in [1.82, 2.24) is 24.8 Å². The fourth-order valence-electron chi connectivity index (χ4n) is 3.23. The number of carbonyl (C=O) groups is 1. The first-order chi connectivity index (χ1) is 12.2. The summed E-state index contributed by atoms with van der Waals surface area (Å²) >= 11 is 0. The molecular formula is C19H21N5O. The molecule has 6 heteroatoms. The smallest absolute Gasteiger partial charge is 0.272 e. The van der Waals surface area contributed by atoms with Crippen molar-refractivity contribution in [2.24, 2.45) is 0 Å². The number of hydrogen-bond donors (Lipinski definition) is 1. The summed E-state index contributed by atoms with van der Waals surface area (Å²) < 4.78 is 0. The van der Waals surface area contributed by atoms with E-state index in [4.69, 9.17) is 0 Å². The van der Waals surface area contributed by atoms with Crippen LogP contribution in [0.5, 0.6) is 0 Å². The Labute approximate surface area is 146 Å². The number of aromatic amines is 1. The van der Waals surface area contributed by atoms with E-state index in [0.29, 0.717) is 18.8 Å². The molecule has 0 saturated carbocycles. The fourth-order valence-corrected chi connectivity index (χ4v) is 3.23. The first kappa shape index (κ1) is 15.8. The fraction of sp³-hybridized carbons (Fsp3) is 0.316. The number of rotatable bonds is 3. The van der Waals surface area contributed by atoms with Crippen molar-refractivity contribution in [2.75, 3.05) is 26.2 Å². The number of H-pyrrole nitrogens is 1. The monoisotopic (exact) mass is 335 g/mol. The lowest BCUT2D eigenvalue weighted by Gasteiger charge is -2.34. The van der Waals surface area contributed by atoms with Crippen LogP contribution in [0.25, 0.3) is 11.0 Å². The maximum atomic E-state index is 12.6. The molecule has 1 N–H and O–H groups in total. The number of aromatic nitrogens is 3. The number of hydrogen-bond acceptors (Lipinski definition) is 4. The van der Waals surface area contributed by atoms with Gasteiger partial charge in [-0.25, -0.2) is 9.97 Å². The predicted octanol–water partition coefficient (Wildman–Crippen LogP) is 2.22. The Balaban J connectivity index is 1.37. The maximum Gasteiger partial charge on any atom is 0.272 e. The molecule has 0 unspecified atom stereocenters. The third kappa shape index (κ3) is 3.39. The number of imidazole rings is 1. The first-order valence-corrected chi connectivity index (χ1v) is 8.58. The molecule has 1 aliphatic heterocycles. The van der Waals surface area contributed by atoms with Crippen LogP contribution >= 0.6 is 0 Å². The summed E-state index contributed by atoms with van der Waals surface area (Å²) in [5.74, 6) is 0.994. The average molecular weight is 335 g/mol. The summed E-state index contributed by atoms with van der Waals surface area (Å²) in [5.41, 5.74) is 3.47. The molecule has 25 heavy (non-hydrogen) atoms. The van der Waals surface area contributed by atoms with Crippen molar-refractivity contribution in [3.8, 4) is 0 Å². The Hall–Kier alpha value is -2.73. The standard InChI is InChI=1S/C19H21N5O/c1-14-5-4-8-17(20-14)19(25)24-11-9-23(10-12-24)13-18-21-15-6-2-3-7-16(15)22-18/h2-8H,9-13H2,1H3,(H,21,22). The third-order valence-corrected chi connectivity index (χ3v) is 4.58. The van der Waals surface area contributed by atoms with E-state index in [0.717, 1.165) is 42.2 Å². The number of carbonyl (C=O) groups excluding carboxylic acids is 1. The van der Waals surface area contributed by atoms with E-state index >= 15 is 0 Å². The number of benzene rings is 1. The number of nitrogens with one attached hydrogen (secondary N) is 1. The molecule has 6 nitrogen and oxygen atoms in total. The molecule has 1 aromatic carbocycles. The zero-order chi connectivity index (χ0) is 17.2. The molecule has 0 atom stereocenters. The molecule has 1 fully saturated rings. The molecule has 0 radical (unpaired) electrons. The largest absolute Gasteiger partial charge is 0.341 e. The Bertz CT molecular complexity index is 862. The minimum atomic E-state index is 0.0205. The van der Waals surface area contributed by atoms with E-state index in [2.05, 4.69) is 19.9 Å². The summed E-state index contributed by atoms with van der Waals surface area (Å²) in [4.78, 5) is 29.1. The van der Waals surface area contributed by atoms with Crippen molar-refractivity contribution in [1.29, 1.82) is 0 Å². The SMILES string of the molecule is Cc1cccc(C(=O)N2CCN(Cc3nc4ccccc4[nH]3)CC2)n1. The lowest BCUT2D eigenvalue weighted by molar-refractivity contribution is 0.0620. The van der Waals surface area contributed by atoms with Gasteiger partial charge in [0.25, 0.3) is 5.91 Å². The molecule has 2 aromatic heterocycles. The first-order valence-electron chi connectivity index (χ1n) is 8.58. The van der Waals surface area contributed by atoms with Crippen LogP contribution in [0.4, 0.5) is 0 Å². The molecule has 0 spiro atoms. The summed E-state index contributed by atoms with van der Waals surface area (Å²) in [6.45, 7) is 5.80. The highest BCUT2D eigenvalue weighted by Crippen LogP contribution is 2.14. The summed E-state index contributed by atoms with van der Waals surface area (Å²) in [5, 5.41) is 0. The maximum absolute atomic E-state index is 12.6. The average Bonchev–Trinajstić information content (AvgIpc) is 3.04. The van der Waals surface area contributed by atoms with Gasteiger partial charge in [0.1, 0.15) is 11.5 Å². The Morgan fingerprint density at radius 1 is 1.04 bits per heavy atom. The number of amides is 1.